The first-order valence-electron chi connectivity index (χ1n) is 17.9. The molecular weight excluding hydrogens is 649 g/mol. The monoisotopic (exact) mass is 676 g/mol. The van der Waals surface area contributed by atoms with Crippen molar-refractivity contribution in [3.63, 3.8) is 0 Å². The molecule has 0 unspecified atom stereocenters. The fraction of sp³-hybridized carbons (Fsp3) is 0. The number of nitrogens with zero attached hydrogens (tertiary/aromatic N) is 4. The van der Waals surface area contributed by atoms with E-state index in [4.69, 9.17) is 14.7 Å². The van der Waals surface area contributed by atoms with Gasteiger partial charge in [0.15, 0.2) is 0 Å². The molecule has 0 atom stereocenters. The molecule has 246 valence electrons. The second-order valence-electron chi connectivity index (χ2n) is 13.8. The van der Waals surface area contributed by atoms with E-state index in [9.17, 15) is 0 Å². The summed E-state index contributed by atoms with van der Waals surface area (Å²) in [7, 11) is 0. The first-order valence-corrected chi connectivity index (χ1v) is 17.9. The molecule has 0 amide bonds. The van der Waals surface area contributed by atoms with Crippen LogP contribution >= 0.6 is 0 Å². The van der Waals surface area contributed by atoms with Crippen LogP contribution in [-0.4, -0.2) is 19.1 Å². The first kappa shape index (κ1) is 28.5. The quantitative estimate of drug-likeness (QED) is 0.187. The first-order chi connectivity index (χ1) is 26.3. The fourth-order valence-electron chi connectivity index (χ4n) is 8.57. The molecule has 0 fully saturated rings. The highest BCUT2D eigenvalue weighted by Crippen LogP contribution is 2.46. The molecule has 8 aromatic carbocycles. The number of benzene rings is 8. The molecule has 0 radical (unpaired) electrons. The summed E-state index contributed by atoms with van der Waals surface area (Å²) < 4.78 is 10.9. The topological polar surface area (TPSA) is 44.9 Å². The van der Waals surface area contributed by atoms with E-state index in [2.05, 4.69) is 143 Å². The third-order valence-corrected chi connectivity index (χ3v) is 10.9. The summed E-state index contributed by atoms with van der Waals surface area (Å²) in [6.07, 6.45) is 0. The number of aromatic nitrogens is 4. The van der Waals surface area contributed by atoms with Crippen molar-refractivity contribution in [3.8, 4) is 45.5 Å². The van der Waals surface area contributed by atoms with Gasteiger partial charge in [-0.25, -0.2) is 9.97 Å². The molecule has 11 aromatic rings. The van der Waals surface area contributed by atoms with E-state index in [1.807, 2.05) is 36.4 Å². The summed E-state index contributed by atoms with van der Waals surface area (Å²) in [5.74, 6) is 2.23. The van der Waals surface area contributed by atoms with Crippen molar-refractivity contribution in [2.24, 2.45) is 0 Å². The summed E-state index contributed by atoms with van der Waals surface area (Å²) in [6, 6.07) is 60.3. The molecule has 0 saturated carbocycles. The molecule has 5 nitrogen and oxygen atoms in total. The molecule has 1 aliphatic rings. The van der Waals surface area contributed by atoms with Gasteiger partial charge in [0, 0.05) is 32.5 Å². The summed E-state index contributed by atoms with van der Waals surface area (Å²) in [5, 5.41) is 8.20. The van der Waals surface area contributed by atoms with E-state index >= 15 is 0 Å². The minimum absolute atomic E-state index is 0.640. The zero-order valence-corrected chi connectivity index (χ0v) is 28.4. The molecule has 0 spiro atoms. The van der Waals surface area contributed by atoms with E-state index in [-0.39, 0.29) is 0 Å². The van der Waals surface area contributed by atoms with Gasteiger partial charge in [0.2, 0.25) is 5.95 Å². The van der Waals surface area contributed by atoms with E-state index in [0.29, 0.717) is 5.95 Å². The van der Waals surface area contributed by atoms with Gasteiger partial charge in [-0.3, -0.25) is 4.57 Å². The van der Waals surface area contributed by atoms with Gasteiger partial charge in [-0.15, -0.1) is 0 Å². The molecule has 0 saturated heterocycles. The Morgan fingerprint density at radius 1 is 0.415 bits per heavy atom. The number of para-hydroxylation sites is 3. The molecular formula is C48H28N4O. The largest absolute Gasteiger partial charge is 0.456 e. The minimum Gasteiger partial charge on any atom is -0.456 e. The van der Waals surface area contributed by atoms with Gasteiger partial charge >= 0.3 is 0 Å². The fourth-order valence-corrected chi connectivity index (χ4v) is 8.57. The summed E-state index contributed by atoms with van der Waals surface area (Å²) in [4.78, 5) is 10.4. The molecule has 3 aromatic heterocycles. The zero-order valence-electron chi connectivity index (χ0n) is 28.4. The molecule has 1 aliphatic heterocycles. The maximum Gasteiger partial charge on any atom is 0.235 e. The smallest absolute Gasteiger partial charge is 0.235 e. The molecule has 12 rings (SSSR count). The molecule has 53 heavy (non-hydrogen) atoms. The zero-order chi connectivity index (χ0) is 34.6. The van der Waals surface area contributed by atoms with Crippen LogP contribution < -0.4 is 4.74 Å². The van der Waals surface area contributed by atoms with Gasteiger partial charge < -0.3 is 9.30 Å². The number of hydrogen-bond acceptors (Lipinski definition) is 3. The van der Waals surface area contributed by atoms with E-state index in [0.717, 1.165) is 66.6 Å². The number of fused-ring (bicyclic) bond motifs is 9. The van der Waals surface area contributed by atoms with Crippen molar-refractivity contribution in [1.29, 1.82) is 0 Å². The number of hydrogen-bond donors (Lipinski definition) is 0. The predicted molar refractivity (Wildman–Crippen MR) is 217 cm³/mol. The van der Waals surface area contributed by atoms with E-state index < -0.39 is 0 Å². The van der Waals surface area contributed by atoms with Crippen molar-refractivity contribution >= 4 is 65.3 Å². The predicted octanol–water partition coefficient (Wildman–Crippen LogP) is 12.4. The summed E-state index contributed by atoms with van der Waals surface area (Å²) in [5.41, 5.74) is 10.7. The minimum atomic E-state index is 0.640. The highest BCUT2D eigenvalue weighted by Gasteiger charge is 2.24. The third-order valence-electron chi connectivity index (χ3n) is 10.9. The van der Waals surface area contributed by atoms with Crippen LogP contribution in [0.3, 0.4) is 0 Å². The van der Waals surface area contributed by atoms with Crippen LogP contribution in [-0.2, 0) is 0 Å². The molecule has 0 aliphatic carbocycles. The van der Waals surface area contributed by atoms with Crippen LogP contribution in [0.15, 0.2) is 170 Å². The van der Waals surface area contributed by atoms with Crippen LogP contribution in [0.5, 0.6) is 11.5 Å². The number of ether oxygens (including phenoxy) is 1. The normalized spacial score (nSPS) is 12.3. The average Bonchev–Trinajstić information content (AvgIpc) is 3.73. The molecule has 5 heteroatoms. The third kappa shape index (κ3) is 4.02. The summed E-state index contributed by atoms with van der Waals surface area (Å²) >= 11 is 0. The van der Waals surface area contributed by atoms with Crippen LogP contribution in [0, 0.1) is 0 Å². The van der Waals surface area contributed by atoms with Crippen molar-refractivity contribution in [3.05, 3.63) is 170 Å². The Kier molecular flexibility index (Phi) is 5.71. The van der Waals surface area contributed by atoms with E-state index in [1.165, 1.54) is 38.3 Å². The van der Waals surface area contributed by atoms with Crippen molar-refractivity contribution < 1.29 is 4.74 Å². The lowest BCUT2D eigenvalue weighted by Crippen LogP contribution is -2.06. The highest BCUT2D eigenvalue weighted by molar-refractivity contribution is 6.13. The van der Waals surface area contributed by atoms with Crippen LogP contribution in [0.4, 0.5) is 0 Å². The van der Waals surface area contributed by atoms with Gasteiger partial charge in [0.1, 0.15) is 11.5 Å². The number of rotatable bonds is 3. The second-order valence-corrected chi connectivity index (χ2v) is 13.8. The van der Waals surface area contributed by atoms with Gasteiger partial charge in [0.05, 0.1) is 44.4 Å². The lowest BCUT2D eigenvalue weighted by molar-refractivity contribution is 0.486. The maximum atomic E-state index is 6.28. The van der Waals surface area contributed by atoms with E-state index in [1.54, 1.807) is 0 Å². The lowest BCUT2D eigenvalue weighted by atomic mass is 10.0. The highest BCUT2D eigenvalue weighted by atomic mass is 16.5. The van der Waals surface area contributed by atoms with Crippen LogP contribution in [0.1, 0.15) is 0 Å². The van der Waals surface area contributed by atoms with Crippen molar-refractivity contribution in [1.82, 2.24) is 19.1 Å². The Bertz CT molecular complexity index is 3330. The Balaban J connectivity index is 1.08. The van der Waals surface area contributed by atoms with Crippen LogP contribution in [0.2, 0.25) is 0 Å². The Morgan fingerprint density at radius 2 is 1.06 bits per heavy atom. The molecule has 0 bridgehead atoms. The van der Waals surface area contributed by atoms with Gasteiger partial charge in [-0.2, -0.15) is 0 Å². The van der Waals surface area contributed by atoms with Crippen molar-refractivity contribution in [2.45, 2.75) is 0 Å². The van der Waals surface area contributed by atoms with Crippen molar-refractivity contribution in [2.75, 3.05) is 0 Å². The Morgan fingerprint density at radius 3 is 1.96 bits per heavy atom. The molecule has 0 N–H and O–H groups in total. The lowest BCUT2D eigenvalue weighted by Gasteiger charge is -2.20. The van der Waals surface area contributed by atoms with Gasteiger partial charge in [-0.1, -0.05) is 109 Å². The standard InChI is InChI=1S/C48H28N4O/c1-2-13-32-29(11-1)12-9-20-39(32)51-40-18-6-3-14-33(40)35-25-23-31(28-43(35)51)30-24-26-42-37(27-30)34-15-4-7-19-41(34)52(42)48-49-38-17-10-22-45-46(38)47(50-48)36-16-5-8-21-44(36)53-45/h1-28H. The van der Waals surface area contributed by atoms with Crippen LogP contribution in [0.25, 0.3) is 99.3 Å². The second kappa shape index (κ2) is 10.6. The Labute approximate surface area is 303 Å². The maximum absolute atomic E-state index is 6.28. The SMILES string of the molecule is c1ccc2c(c1)Oc1cccc3nc(-n4c5ccccc5c5cc(-c6ccc7c8ccccc8n(-c8cccc9ccccc89)c7c6)ccc54)nc-2c13. The Hall–Kier alpha value is -7.24. The van der Waals surface area contributed by atoms with Gasteiger partial charge in [-0.05, 0) is 77.2 Å². The average molecular weight is 677 g/mol. The molecule has 4 heterocycles. The summed E-state index contributed by atoms with van der Waals surface area (Å²) in [6.45, 7) is 0. The van der Waals surface area contributed by atoms with Gasteiger partial charge in [0.25, 0.3) is 0 Å².